The standard InChI is InChI=1S/C8H6O4.2C2H4O3/c9-7(10)5-1-2-6(4-3-5)8(11)12;2*3-1-2(4)5/h1-4H,(H,9,10)(H,11,12);2*3H,1H2,(H,4,5). The van der Waals surface area contributed by atoms with E-state index in [2.05, 4.69) is 0 Å². The third-order valence-electron chi connectivity index (χ3n) is 1.65. The number of aliphatic hydroxyl groups is 2. The number of benzene rings is 1. The van der Waals surface area contributed by atoms with Crippen LogP contribution >= 0.6 is 0 Å². The molecule has 0 heterocycles. The molecule has 1 rings (SSSR count). The molecular formula is C12H14O10. The molecule has 1 aromatic rings. The summed E-state index contributed by atoms with van der Waals surface area (Å²) in [7, 11) is 0. The molecular weight excluding hydrogens is 304 g/mol. The number of hydrogen-bond acceptors (Lipinski definition) is 6. The molecule has 0 saturated heterocycles. The zero-order chi connectivity index (χ0) is 17.7. The Morgan fingerprint density at radius 1 is 0.636 bits per heavy atom. The van der Waals surface area contributed by atoms with Crippen molar-refractivity contribution in [1.82, 2.24) is 0 Å². The number of hydrogen-bond donors (Lipinski definition) is 6. The minimum atomic E-state index is -1.19. The highest BCUT2D eigenvalue weighted by molar-refractivity contribution is 5.91. The summed E-state index contributed by atoms with van der Waals surface area (Å²) in [6.45, 7) is -1.56. The largest absolute Gasteiger partial charge is 0.480 e. The zero-order valence-corrected chi connectivity index (χ0v) is 11.0. The fraction of sp³-hybridized carbons (Fsp3) is 0.167. The molecule has 0 radical (unpaired) electrons. The topological polar surface area (TPSA) is 190 Å². The minimum Gasteiger partial charge on any atom is -0.480 e. The van der Waals surface area contributed by atoms with Gasteiger partial charge in [-0.2, -0.15) is 0 Å². The second-order valence-electron chi connectivity index (χ2n) is 3.29. The summed E-state index contributed by atoms with van der Waals surface area (Å²) in [6, 6.07) is 5.02. The molecule has 0 bridgehead atoms. The molecule has 0 fully saturated rings. The first kappa shape index (κ1) is 21.3. The van der Waals surface area contributed by atoms with Crippen LogP contribution < -0.4 is 0 Å². The Kier molecular flexibility index (Phi) is 11.4. The highest BCUT2D eigenvalue weighted by atomic mass is 16.4. The van der Waals surface area contributed by atoms with E-state index in [1.807, 2.05) is 0 Å². The van der Waals surface area contributed by atoms with Crippen LogP contribution in [0.2, 0.25) is 0 Å². The van der Waals surface area contributed by atoms with Gasteiger partial charge in [0.1, 0.15) is 13.2 Å². The van der Waals surface area contributed by atoms with Crippen molar-refractivity contribution in [3.8, 4) is 0 Å². The fourth-order valence-electron chi connectivity index (χ4n) is 0.755. The van der Waals surface area contributed by atoms with E-state index in [9.17, 15) is 9.59 Å². The van der Waals surface area contributed by atoms with E-state index in [1.165, 1.54) is 24.3 Å². The van der Waals surface area contributed by atoms with Gasteiger partial charge < -0.3 is 30.6 Å². The first-order valence-corrected chi connectivity index (χ1v) is 5.37. The van der Waals surface area contributed by atoms with Crippen LogP contribution in [0.25, 0.3) is 0 Å². The maximum absolute atomic E-state index is 10.3. The number of rotatable bonds is 4. The second-order valence-corrected chi connectivity index (χ2v) is 3.29. The molecule has 22 heavy (non-hydrogen) atoms. The third-order valence-corrected chi connectivity index (χ3v) is 1.65. The summed E-state index contributed by atoms with van der Waals surface area (Å²) in [5, 5.41) is 47.0. The lowest BCUT2D eigenvalue weighted by molar-refractivity contribution is -0.141. The first-order valence-electron chi connectivity index (χ1n) is 5.37. The first-order chi connectivity index (χ1) is 10.1. The molecule has 0 aliphatic carbocycles. The Morgan fingerprint density at radius 2 is 0.818 bits per heavy atom. The number of aromatic carboxylic acids is 2. The van der Waals surface area contributed by atoms with E-state index in [1.54, 1.807) is 0 Å². The molecule has 0 aliphatic heterocycles. The minimum absolute atomic E-state index is 0.0833. The number of carboxylic acid groups (broad SMARTS) is 4. The Hall–Kier alpha value is -2.98. The van der Waals surface area contributed by atoms with Gasteiger partial charge in [-0.3, -0.25) is 0 Å². The van der Waals surface area contributed by atoms with Gasteiger partial charge in [0.15, 0.2) is 0 Å². The van der Waals surface area contributed by atoms with Crippen LogP contribution in [-0.4, -0.2) is 67.7 Å². The van der Waals surface area contributed by atoms with Crippen LogP contribution in [-0.2, 0) is 9.59 Å². The van der Waals surface area contributed by atoms with Gasteiger partial charge in [-0.1, -0.05) is 0 Å². The number of carbonyl (C=O) groups is 4. The number of aliphatic carboxylic acids is 2. The molecule has 0 unspecified atom stereocenters. The van der Waals surface area contributed by atoms with Gasteiger partial charge >= 0.3 is 23.9 Å². The van der Waals surface area contributed by atoms with E-state index in [0.717, 1.165) is 0 Å². The Morgan fingerprint density at radius 3 is 0.909 bits per heavy atom. The predicted molar refractivity (Wildman–Crippen MR) is 69.8 cm³/mol. The summed E-state index contributed by atoms with van der Waals surface area (Å²) < 4.78 is 0. The fourth-order valence-corrected chi connectivity index (χ4v) is 0.755. The van der Waals surface area contributed by atoms with E-state index in [4.69, 9.17) is 40.2 Å². The Bertz CT molecular complexity index is 458. The number of aliphatic hydroxyl groups excluding tert-OH is 2. The summed E-state index contributed by atoms with van der Waals surface area (Å²) in [6.07, 6.45) is 0. The number of carboxylic acids is 4. The van der Waals surface area contributed by atoms with Crippen molar-refractivity contribution in [1.29, 1.82) is 0 Å². The van der Waals surface area contributed by atoms with Gasteiger partial charge in [0.2, 0.25) is 0 Å². The third kappa shape index (κ3) is 12.1. The molecule has 10 heteroatoms. The van der Waals surface area contributed by atoms with E-state index < -0.39 is 37.1 Å². The van der Waals surface area contributed by atoms with Crippen molar-refractivity contribution >= 4 is 23.9 Å². The van der Waals surface area contributed by atoms with Gasteiger partial charge in [-0.25, -0.2) is 19.2 Å². The lowest BCUT2D eigenvalue weighted by Gasteiger charge is -1.94. The van der Waals surface area contributed by atoms with Crippen LogP contribution in [0, 0.1) is 0 Å². The Balaban J connectivity index is 0. The van der Waals surface area contributed by atoms with Crippen LogP contribution in [0.1, 0.15) is 20.7 Å². The molecule has 0 aliphatic rings. The van der Waals surface area contributed by atoms with Crippen molar-refractivity contribution in [2.75, 3.05) is 13.2 Å². The maximum atomic E-state index is 10.3. The molecule has 0 amide bonds. The van der Waals surface area contributed by atoms with Gasteiger partial charge in [-0.15, -0.1) is 0 Å². The molecule has 122 valence electrons. The SMILES string of the molecule is O=C(O)CO.O=C(O)CO.O=C(O)c1ccc(C(=O)O)cc1. The highest BCUT2D eigenvalue weighted by Crippen LogP contribution is 2.03. The second kappa shape index (κ2) is 11.8. The predicted octanol–water partition coefficient (Wildman–Crippen LogP) is -0.790. The summed E-state index contributed by atoms with van der Waals surface area (Å²) >= 11 is 0. The molecule has 0 saturated carbocycles. The van der Waals surface area contributed by atoms with Crippen molar-refractivity contribution < 1.29 is 49.8 Å². The molecule has 1 aromatic carbocycles. The smallest absolute Gasteiger partial charge is 0.335 e. The van der Waals surface area contributed by atoms with Gasteiger partial charge in [0.25, 0.3) is 0 Å². The highest BCUT2D eigenvalue weighted by Gasteiger charge is 2.04. The molecule has 6 N–H and O–H groups in total. The van der Waals surface area contributed by atoms with E-state index in [0.29, 0.717) is 0 Å². The maximum Gasteiger partial charge on any atom is 0.335 e. The Labute approximate surface area is 123 Å². The summed E-state index contributed by atoms with van der Waals surface area (Å²) in [4.78, 5) is 38.9. The molecule has 10 nitrogen and oxygen atoms in total. The van der Waals surface area contributed by atoms with Crippen molar-refractivity contribution in [3.63, 3.8) is 0 Å². The molecule has 0 atom stereocenters. The van der Waals surface area contributed by atoms with Crippen molar-refractivity contribution in [3.05, 3.63) is 35.4 Å². The van der Waals surface area contributed by atoms with Gasteiger partial charge in [0, 0.05) is 0 Å². The lowest BCUT2D eigenvalue weighted by Crippen LogP contribution is -1.99. The quantitative estimate of drug-likeness (QED) is 0.410. The average Bonchev–Trinajstić information content (AvgIpc) is 2.48. The zero-order valence-electron chi connectivity index (χ0n) is 11.0. The van der Waals surface area contributed by atoms with Gasteiger partial charge in [0.05, 0.1) is 11.1 Å². The van der Waals surface area contributed by atoms with Crippen LogP contribution in [0.5, 0.6) is 0 Å². The normalized spacial score (nSPS) is 8.45. The summed E-state index contributed by atoms with van der Waals surface area (Å²) in [5.41, 5.74) is 0.167. The van der Waals surface area contributed by atoms with Gasteiger partial charge in [-0.05, 0) is 24.3 Å². The van der Waals surface area contributed by atoms with Crippen molar-refractivity contribution in [2.24, 2.45) is 0 Å². The molecule has 0 aromatic heterocycles. The monoisotopic (exact) mass is 318 g/mol. The van der Waals surface area contributed by atoms with Crippen LogP contribution in [0.3, 0.4) is 0 Å². The van der Waals surface area contributed by atoms with E-state index >= 15 is 0 Å². The van der Waals surface area contributed by atoms with Crippen LogP contribution in [0.4, 0.5) is 0 Å². The van der Waals surface area contributed by atoms with Crippen LogP contribution in [0.15, 0.2) is 24.3 Å². The molecule has 0 spiro atoms. The lowest BCUT2D eigenvalue weighted by atomic mass is 10.1. The van der Waals surface area contributed by atoms with Crippen molar-refractivity contribution in [2.45, 2.75) is 0 Å². The van der Waals surface area contributed by atoms with E-state index in [-0.39, 0.29) is 11.1 Å². The average molecular weight is 318 g/mol. The summed E-state index contributed by atoms with van der Waals surface area (Å²) in [5.74, 6) is -4.51.